The summed E-state index contributed by atoms with van der Waals surface area (Å²) in [5, 5.41) is 2.17. The molecule has 1 aromatic heterocycles. The van der Waals surface area contributed by atoms with Gasteiger partial charge in [0.2, 0.25) is 11.8 Å². The molecule has 2 bridgehead atoms. The number of nitrogens with zero attached hydrogens (tertiary/aromatic N) is 2. The molecule has 14 heteroatoms. The molecular formula is C35H44F5N3O6. The number of pyridine rings is 1. The third-order valence-electron chi connectivity index (χ3n) is 10.1. The lowest BCUT2D eigenvalue weighted by molar-refractivity contribution is -0.141. The maximum Gasteiger partial charge on any atom is 0.417 e. The van der Waals surface area contributed by atoms with E-state index in [4.69, 9.17) is 14.2 Å². The fourth-order valence-corrected chi connectivity index (χ4v) is 7.60. The van der Waals surface area contributed by atoms with Gasteiger partial charge in [-0.2, -0.15) is 13.2 Å². The van der Waals surface area contributed by atoms with Crippen LogP contribution in [0.5, 0.6) is 11.6 Å². The minimum atomic E-state index is -5.22. The van der Waals surface area contributed by atoms with E-state index in [2.05, 4.69) is 10.3 Å². The summed E-state index contributed by atoms with van der Waals surface area (Å²) in [6.07, 6.45) is -6.06. The van der Waals surface area contributed by atoms with Gasteiger partial charge in [0, 0.05) is 23.8 Å². The van der Waals surface area contributed by atoms with Crippen molar-refractivity contribution >= 4 is 28.7 Å². The number of benzene rings is 1. The highest BCUT2D eigenvalue weighted by Gasteiger charge is 2.52. The van der Waals surface area contributed by atoms with E-state index in [0.717, 1.165) is 12.5 Å². The fraction of sp³-hybridized carbons (Fsp3) is 0.657. The Labute approximate surface area is 282 Å². The Balaban J connectivity index is 1.68. The predicted molar refractivity (Wildman–Crippen MR) is 169 cm³/mol. The summed E-state index contributed by atoms with van der Waals surface area (Å²) in [5.74, 6) is -6.83. The second-order valence-corrected chi connectivity index (χ2v) is 14.6. The predicted octanol–water partition coefficient (Wildman–Crippen LogP) is 7.42. The number of carbonyl (C=O) groups excluding carboxylic acids is 3. The van der Waals surface area contributed by atoms with Crippen molar-refractivity contribution in [3.63, 3.8) is 0 Å². The first-order valence-corrected chi connectivity index (χ1v) is 16.8. The standard InChI is InChI=1S/C35H44F5N3O6/c1-18-25-17-43(28(18)19(2)44)31(45)29(33(3,4)5)42-32(46)49-24-12-9-11-20(24)10-7-8-15-34(36,37)27-26(35(38,39)40)22-14-13-21(47-6)16-23(22)41-30(27)48-25/h13-14,16,18,20,24-25,28-29H,7-12,15,17H2,1-6H3,(H,42,46)/t18?,20-,24-,25+,28+,29-/m1/s1. The first-order valence-electron chi connectivity index (χ1n) is 16.8. The number of fused-ring (bicyclic) bond motifs is 5. The van der Waals surface area contributed by atoms with Crippen LogP contribution in [-0.2, 0) is 26.4 Å². The summed E-state index contributed by atoms with van der Waals surface area (Å²) >= 11 is 0. The molecule has 1 N–H and O–H groups in total. The van der Waals surface area contributed by atoms with E-state index < -0.39 is 94.3 Å². The van der Waals surface area contributed by atoms with Crippen molar-refractivity contribution < 1.29 is 50.5 Å². The lowest BCUT2D eigenvalue weighted by Gasteiger charge is -2.35. The zero-order chi connectivity index (χ0) is 36.1. The van der Waals surface area contributed by atoms with Gasteiger partial charge in [0.25, 0.3) is 5.92 Å². The van der Waals surface area contributed by atoms with Crippen LogP contribution in [0, 0.1) is 17.3 Å². The zero-order valence-electron chi connectivity index (χ0n) is 28.6. The summed E-state index contributed by atoms with van der Waals surface area (Å²) in [6, 6.07) is 1.23. The Morgan fingerprint density at radius 2 is 1.73 bits per heavy atom. The van der Waals surface area contributed by atoms with Crippen LogP contribution in [0.15, 0.2) is 18.2 Å². The minimum Gasteiger partial charge on any atom is -0.497 e. The van der Waals surface area contributed by atoms with Crippen LogP contribution in [0.4, 0.5) is 26.7 Å². The maximum atomic E-state index is 16.4. The van der Waals surface area contributed by atoms with Crippen LogP contribution in [0.3, 0.4) is 0 Å². The molecule has 1 saturated carbocycles. The monoisotopic (exact) mass is 697 g/mol. The average Bonchev–Trinajstić information content (AvgIpc) is 3.58. The van der Waals surface area contributed by atoms with E-state index in [9.17, 15) is 27.6 Å². The molecule has 3 heterocycles. The first kappa shape index (κ1) is 36.6. The van der Waals surface area contributed by atoms with Gasteiger partial charge in [-0.25, -0.2) is 18.6 Å². The van der Waals surface area contributed by atoms with Crippen molar-refractivity contribution in [3.05, 3.63) is 29.3 Å². The van der Waals surface area contributed by atoms with Crippen LogP contribution in [0.1, 0.15) is 90.7 Å². The molecule has 2 fully saturated rings. The van der Waals surface area contributed by atoms with Crippen molar-refractivity contribution in [3.8, 4) is 11.6 Å². The van der Waals surface area contributed by atoms with Gasteiger partial charge in [-0.15, -0.1) is 0 Å². The van der Waals surface area contributed by atoms with E-state index in [0.29, 0.717) is 19.3 Å². The molecule has 2 amide bonds. The summed E-state index contributed by atoms with van der Waals surface area (Å²) in [4.78, 5) is 45.9. The first-order chi connectivity index (χ1) is 22.8. The highest BCUT2D eigenvalue weighted by molar-refractivity contribution is 5.93. The molecule has 1 aliphatic carbocycles. The number of halogens is 5. The largest absolute Gasteiger partial charge is 0.497 e. The van der Waals surface area contributed by atoms with Gasteiger partial charge in [-0.1, -0.05) is 34.1 Å². The zero-order valence-corrected chi connectivity index (χ0v) is 28.6. The van der Waals surface area contributed by atoms with Gasteiger partial charge in [0.05, 0.1) is 36.3 Å². The van der Waals surface area contributed by atoms with Crippen molar-refractivity contribution in [1.82, 2.24) is 15.2 Å². The molecule has 0 spiro atoms. The van der Waals surface area contributed by atoms with Crippen molar-refractivity contribution in [2.24, 2.45) is 17.3 Å². The SMILES string of the molecule is COc1ccc2c(C(F)(F)F)c3c(nc2c1)O[C@H]1CN(C(=O)[C@H](C(C)(C)C)NC(=O)O[C@@H]2CCC[C@H]2CCCCC3(F)F)[C@H](C(C)=O)C1C. The number of alkyl halides is 5. The Morgan fingerprint density at radius 1 is 1.04 bits per heavy atom. The molecule has 49 heavy (non-hydrogen) atoms. The Bertz CT molecular complexity index is 1590. The molecule has 1 unspecified atom stereocenters. The van der Waals surface area contributed by atoms with Crippen LogP contribution in [0.2, 0.25) is 0 Å². The third kappa shape index (κ3) is 7.42. The Morgan fingerprint density at radius 3 is 2.37 bits per heavy atom. The number of Topliss-reactive ketones (excluding diaryl/α,β-unsaturated/α-hetero) is 1. The summed E-state index contributed by atoms with van der Waals surface area (Å²) in [6.45, 7) is 7.69. The van der Waals surface area contributed by atoms with Crippen LogP contribution < -0.4 is 14.8 Å². The summed E-state index contributed by atoms with van der Waals surface area (Å²) < 4.78 is 94.4. The van der Waals surface area contributed by atoms with Crippen molar-refractivity contribution in [1.29, 1.82) is 0 Å². The van der Waals surface area contributed by atoms with Crippen LogP contribution >= 0.6 is 0 Å². The van der Waals surface area contributed by atoms with Crippen LogP contribution in [0.25, 0.3) is 10.9 Å². The number of ketones is 1. The topological polar surface area (TPSA) is 107 Å². The Hall–Kier alpha value is -3.71. The van der Waals surface area contributed by atoms with Crippen molar-refractivity contribution in [2.45, 2.75) is 116 Å². The fourth-order valence-electron chi connectivity index (χ4n) is 7.60. The van der Waals surface area contributed by atoms with Crippen molar-refractivity contribution in [2.75, 3.05) is 13.7 Å². The molecule has 2 aromatic rings. The normalized spacial score (nSPS) is 28.4. The lowest BCUT2D eigenvalue weighted by Crippen LogP contribution is -2.57. The van der Waals surface area contributed by atoms with Gasteiger partial charge >= 0.3 is 12.3 Å². The number of alkyl carbamates (subject to hydrolysis) is 1. The van der Waals surface area contributed by atoms with E-state index in [1.807, 2.05) is 0 Å². The second kappa shape index (κ2) is 13.5. The number of methoxy groups -OCH3 is 1. The van der Waals surface area contributed by atoms with Gasteiger partial charge in [-0.05, 0) is 62.5 Å². The number of nitrogens with one attached hydrogen (secondary N) is 1. The quantitative estimate of drug-likeness (QED) is 0.326. The highest BCUT2D eigenvalue weighted by Crippen LogP contribution is 2.50. The van der Waals surface area contributed by atoms with Gasteiger partial charge < -0.3 is 24.4 Å². The lowest BCUT2D eigenvalue weighted by atomic mass is 9.85. The number of hydrogen-bond acceptors (Lipinski definition) is 7. The second-order valence-electron chi connectivity index (χ2n) is 14.6. The van der Waals surface area contributed by atoms with Gasteiger partial charge in [0.1, 0.15) is 24.0 Å². The number of hydrogen-bond donors (Lipinski definition) is 1. The smallest absolute Gasteiger partial charge is 0.417 e. The summed E-state index contributed by atoms with van der Waals surface area (Å²) in [7, 11) is 1.31. The maximum absolute atomic E-state index is 16.4. The number of rotatable bonds is 2. The summed E-state index contributed by atoms with van der Waals surface area (Å²) in [5.41, 5.74) is -4.06. The molecule has 3 aliphatic rings. The molecule has 0 radical (unpaired) electrons. The molecule has 270 valence electrons. The van der Waals surface area contributed by atoms with E-state index in [-0.39, 0.29) is 36.6 Å². The Kier molecular flexibility index (Phi) is 10.1. The molecule has 6 atom stereocenters. The molecule has 9 nitrogen and oxygen atoms in total. The molecule has 2 aliphatic heterocycles. The average molecular weight is 698 g/mol. The molecule has 1 saturated heterocycles. The number of amides is 2. The molecule has 1 aromatic carbocycles. The third-order valence-corrected chi connectivity index (χ3v) is 10.1. The molecular weight excluding hydrogens is 653 g/mol. The van der Waals surface area contributed by atoms with Gasteiger partial charge in [-0.3, -0.25) is 9.59 Å². The van der Waals surface area contributed by atoms with Crippen LogP contribution in [-0.4, -0.2) is 65.6 Å². The van der Waals surface area contributed by atoms with E-state index >= 15 is 8.78 Å². The van der Waals surface area contributed by atoms with E-state index in [1.165, 1.54) is 31.1 Å². The number of aromatic nitrogens is 1. The van der Waals surface area contributed by atoms with E-state index in [1.54, 1.807) is 27.7 Å². The van der Waals surface area contributed by atoms with Gasteiger partial charge in [0.15, 0.2) is 5.78 Å². The highest BCUT2D eigenvalue weighted by atomic mass is 19.4. The minimum absolute atomic E-state index is 0.111. The number of ether oxygens (including phenoxy) is 3. The molecule has 5 rings (SSSR count). The number of carbonyl (C=O) groups is 3.